The third kappa shape index (κ3) is 5.41. The second-order valence-corrected chi connectivity index (χ2v) is 5.97. The Morgan fingerprint density at radius 2 is 2.00 bits per heavy atom. The Bertz CT molecular complexity index is 866. The Morgan fingerprint density at radius 1 is 1.29 bits per heavy atom. The molecule has 1 aromatic heterocycles. The van der Waals surface area contributed by atoms with Gasteiger partial charge in [-0.1, -0.05) is 36.9 Å². The summed E-state index contributed by atoms with van der Waals surface area (Å²) < 4.78 is 0. The van der Waals surface area contributed by atoms with E-state index in [0.29, 0.717) is 16.9 Å². The molecule has 28 heavy (non-hydrogen) atoms. The van der Waals surface area contributed by atoms with Crippen LogP contribution in [0.15, 0.2) is 49.1 Å². The van der Waals surface area contributed by atoms with Gasteiger partial charge in [-0.3, -0.25) is 10.1 Å². The van der Waals surface area contributed by atoms with Gasteiger partial charge < -0.3 is 21.4 Å². The summed E-state index contributed by atoms with van der Waals surface area (Å²) in [7, 11) is 1.70. The quantitative estimate of drug-likeness (QED) is 0.357. The lowest BCUT2D eigenvalue weighted by Gasteiger charge is -2.17. The molecule has 0 spiro atoms. The summed E-state index contributed by atoms with van der Waals surface area (Å²) in [5.74, 6) is -0.0637. The first-order valence-electron chi connectivity index (χ1n) is 8.73. The number of nitrogens with zero attached hydrogens (tertiary/aromatic N) is 1. The van der Waals surface area contributed by atoms with Crippen molar-refractivity contribution in [3.63, 3.8) is 0 Å². The van der Waals surface area contributed by atoms with Crippen molar-refractivity contribution in [3.05, 3.63) is 65.9 Å². The maximum Gasteiger partial charge on any atom is 0.320 e. The highest BCUT2D eigenvalue weighted by Gasteiger charge is 2.14. The Hall–Kier alpha value is -3.68. The Morgan fingerprint density at radius 3 is 2.61 bits per heavy atom. The average Bonchev–Trinajstić information content (AvgIpc) is 2.71. The minimum absolute atomic E-state index is 0.124. The molecule has 8 heteroatoms. The molecule has 146 valence electrons. The summed E-state index contributed by atoms with van der Waals surface area (Å²) in [6.07, 6.45) is 2.32. The van der Waals surface area contributed by atoms with Gasteiger partial charge in [0.1, 0.15) is 5.82 Å². The first kappa shape index (κ1) is 20.6. The summed E-state index contributed by atoms with van der Waals surface area (Å²) >= 11 is 0. The van der Waals surface area contributed by atoms with Gasteiger partial charge >= 0.3 is 6.03 Å². The number of anilines is 2. The van der Waals surface area contributed by atoms with Gasteiger partial charge in [0.05, 0.1) is 24.0 Å². The predicted molar refractivity (Wildman–Crippen MR) is 111 cm³/mol. The molecule has 2 rings (SSSR count). The lowest BCUT2D eigenvalue weighted by Crippen LogP contribution is -2.31. The van der Waals surface area contributed by atoms with E-state index in [0.717, 1.165) is 17.9 Å². The molecule has 1 heterocycles. The van der Waals surface area contributed by atoms with Crippen LogP contribution in [0.25, 0.3) is 0 Å². The number of hydrogen-bond donors (Lipinski definition) is 5. The van der Waals surface area contributed by atoms with Crippen LogP contribution in [0.4, 0.5) is 16.3 Å². The van der Waals surface area contributed by atoms with Crippen LogP contribution in [0.1, 0.15) is 29.8 Å². The smallest absolute Gasteiger partial charge is 0.320 e. The zero-order valence-corrected chi connectivity index (χ0v) is 15.9. The molecule has 0 fully saturated rings. The molecule has 1 aromatic carbocycles. The monoisotopic (exact) mass is 380 g/mol. The number of carbonyl (C=O) groups is 2. The number of amides is 3. The van der Waals surface area contributed by atoms with Gasteiger partial charge in [-0.25, -0.2) is 9.78 Å². The molecule has 1 atom stereocenters. The first-order chi connectivity index (χ1) is 13.5. The van der Waals surface area contributed by atoms with Gasteiger partial charge in [-0.2, -0.15) is 0 Å². The van der Waals surface area contributed by atoms with E-state index in [1.807, 2.05) is 37.3 Å². The van der Waals surface area contributed by atoms with E-state index in [1.54, 1.807) is 13.1 Å². The van der Waals surface area contributed by atoms with Crippen LogP contribution in [-0.4, -0.2) is 30.2 Å². The number of rotatable bonds is 8. The molecule has 0 radical (unpaired) electrons. The van der Waals surface area contributed by atoms with E-state index in [-0.39, 0.29) is 24.3 Å². The summed E-state index contributed by atoms with van der Waals surface area (Å²) in [5, 5.41) is 18.8. The normalized spacial score (nSPS) is 11.1. The van der Waals surface area contributed by atoms with Crippen LogP contribution >= 0.6 is 0 Å². The number of aromatic nitrogens is 1. The highest BCUT2D eigenvalue weighted by Crippen LogP contribution is 2.22. The standard InChI is InChI=1S/C20H24N6O2/c1-4-18(27)23-12-16-19(22-3)15(11-21)10-17(25-16)26-20(28)24-13(2)14-8-6-5-7-9-14/h4-11,13,21-22H,1,12H2,2-3H3,(H,23,27)(H2,24,25,26,28). The first-order valence-corrected chi connectivity index (χ1v) is 8.73. The molecular formula is C20H24N6O2. The molecule has 1 unspecified atom stereocenters. The number of pyridine rings is 1. The summed E-state index contributed by atoms with van der Waals surface area (Å²) in [6, 6.07) is 10.6. The molecule has 0 aliphatic rings. The van der Waals surface area contributed by atoms with E-state index < -0.39 is 6.03 Å². The zero-order chi connectivity index (χ0) is 20.5. The Kier molecular flexibility index (Phi) is 7.27. The third-order valence-corrected chi connectivity index (χ3v) is 4.03. The predicted octanol–water partition coefficient (Wildman–Crippen LogP) is 2.81. The molecule has 0 aliphatic carbocycles. The van der Waals surface area contributed by atoms with Crippen molar-refractivity contribution in [3.8, 4) is 0 Å². The summed E-state index contributed by atoms with van der Waals surface area (Å²) in [4.78, 5) is 28.2. The van der Waals surface area contributed by atoms with Crippen molar-refractivity contribution in [2.75, 3.05) is 17.7 Å². The van der Waals surface area contributed by atoms with Crippen LogP contribution in [0.2, 0.25) is 0 Å². The van der Waals surface area contributed by atoms with E-state index in [1.165, 1.54) is 0 Å². The lowest BCUT2D eigenvalue weighted by molar-refractivity contribution is -0.116. The lowest BCUT2D eigenvalue weighted by atomic mass is 10.1. The van der Waals surface area contributed by atoms with Crippen LogP contribution in [-0.2, 0) is 11.3 Å². The van der Waals surface area contributed by atoms with Crippen LogP contribution in [0.3, 0.4) is 0 Å². The molecule has 0 bridgehead atoms. The van der Waals surface area contributed by atoms with Crippen LogP contribution in [0, 0.1) is 5.41 Å². The summed E-state index contributed by atoms with van der Waals surface area (Å²) in [6.45, 7) is 5.41. The molecule has 2 aromatic rings. The number of hydrogen-bond acceptors (Lipinski definition) is 5. The highest BCUT2D eigenvalue weighted by atomic mass is 16.2. The molecule has 0 saturated heterocycles. The fraction of sp³-hybridized carbons (Fsp3) is 0.200. The van der Waals surface area contributed by atoms with Crippen molar-refractivity contribution in [2.45, 2.75) is 19.5 Å². The van der Waals surface area contributed by atoms with Gasteiger partial charge in [0.2, 0.25) is 5.91 Å². The molecule has 5 N–H and O–H groups in total. The Labute approximate surface area is 164 Å². The van der Waals surface area contributed by atoms with Crippen molar-refractivity contribution in [1.82, 2.24) is 15.6 Å². The SMILES string of the molecule is C=CC(=O)NCc1nc(NC(=O)NC(C)c2ccccc2)cc(C=N)c1NC. The van der Waals surface area contributed by atoms with Crippen molar-refractivity contribution in [2.24, 2.45) is 0 Å². The fourth-order valence-corrected chi connectivity index (χ4v) is 2.63. The molecule has 3 amide bonds. The number of nitrogens with one attached hydrogen (secondary N) is 5. The van der Waals surface area contributed by atoms with Gasteiger partial charge in [0.25, 0.3) is 0 Å². The van der Waals surface area contributed by atoms with Gasteiger partial charge in [-0.05, 0) is 24.6 Å². The van der Waals surface area contributed by atoms with E-state index in [2.05, 4.69) is 32.8 Å². The third-order valence-electron chi connectivity index (χ3n) is 4.03. The number of carbonyl (C=O) groups excluding carboxylic acids is 2. The molecule has 0 saturated carbocycles. The second-order valence-electron chi connectivity index (χ2n) is 5.97. The van der Waals surface area contributed by atoms with Gasteiger partial charge in [0, 0.05) is 18.8 Å². The molecule has 0 aliphatic heterocycles. The van der Waals surface area contributed by atoms with E-state index >= 15 is 0 Å². The summed E-state index contributed by atoms with van der Waals surface area (Å²) in [5.41, 5.74) is 2.60. The van der Waals surface area contributed by atoms with E-state index in [4.69, 9.17) is 5.41 Å². The fourth-order valence-electron chi connectivity index (χ4n) is 2.63. The van der Waals surface area contributed by atoms with Crippen LogP contribution < -0.4 is 21.3 Å². The highest BCUT2D eigenvalue weighted by molar-refractivity contribution is 5.93. The zero-order valence-electron chi connectivity index (χ0n) is 15.9. The average molecular weight is 380 g/mol. The number of urea groups is 1. The topological polar surface area (TPSA) is 119 Å². The van der Waals surface area contributed by atoms with Crippen molar-refractivity contribution in [1.29, 1.82) is 5.41 Å². The minimum atomic E-state index is -0.418. The van der Waals surface area contributed by atoms with E-state index in [9.17, 15) is 9.59 Å². The maximum absolute atomic E-state index is 12.4. The Balaban J connectivity index is 2.17. The molecule has 8 nitrogen and oxygen atoms in total. The largest absolute Gasteiger partial charge is 0.386 e. The second kappa shape index (κ2) is 9.86. The van der Waals surface area contributed by atoms with Gasteiger partial charge in [0.15, 0.2) is 0 Å². The number of benzene rings is 1. The van der Waals surface area contributed by atoms with Crippen molar-refractivity contribution < 1.29 is 9.59 Å². The molecular weight excluding hydrogens is 356 g/mol. The maximum atomic E-state index is 12.4. The van der Waals surface area contributed by atoms with Crippen molar-refractivity contribution >= 4 is 29.7 Å². The van der Waals surface area contributed by atoms with Gasteiger partial charge in [-0.15, -0.1) is 0 Å². The minimum Gasteiger partial charge on any atom is -0.386 e. The van der Waals surface area contributed by atoms with Crippen LogP contribution in [0.5, 0.6) is 0 Å².